The molecule has 114 valence electrons. The SMILES string of the molecule is CC(C)CN(C(=O)c1ccc(F)cc1C#CCO)C(C)C. The van der Waals surface area contributed by atoms with Gasteiger partial charge in [0.15, 0.2) is 0 Å². The van der Waals surface area contributed by atoms with Crippen molar-refractivity contribution in [3.63, 3.8) is 0 Å². The van der Waals surface area contributed by atoms with Crippen LogP contribution in [-0.4, -0.2) is 35.1 Å². The molecule has 3 nitrogen and oxygen atoms in total. The van der Waals surface area contributed by atoms with Gasteiger partial charge in [-0.2, -0.15) is 0 Å². The van der Waals surface area contributed by atoms with Crippen LogP contribution in [0.3, 0.4) is 0 Å². The Morgan fingerprint density at radius 1 is 1.33 bits per heavy atom. The third-order valence-electron chi connectivity index (χ3n) is 2.96. The van der Waals surface area contributed by atoms with E-state index in [-0.39, 0.29) is 18.6 Å². The Bertz CT molecular complexity index is 556. The van der Waals surface area contributed by atoms with Gasteiger partial charge >= 0.3 is 0 Å². The summed E-state index contributed by atoms with van der Waals surface area (Å²) >= 11 is 0. The number of benzene rings is 1. The maximum atomic E-state index is 13.4. The van der Waals surface area contributed by atoms with E-state index in [0.29, 0.717) is 23.6 Å². The number of aliphatic hydroxyl groups is 1. The van der Waals surface area contributed by atoms with Crippen molar-refractivity contribution in [2.45, 2.75) is 33.7 Å². The lowest BCUT2D eigenvalue weighted by Gasteiger charge is -2.29. The van der Waals surface area contributed by atoms with E-state index in [1.807, 2.05) is 27.7 Å². The largest absolute Gasteiger partial charge is 0.384 e. The first-order valence-corrected chi connectivity index (χ1v) is 7.07. The van der Waals surface area contributed by atoms with E-state index in [1.54, 1.807) is 4.90 Å². The van der Waals surface area contributed by atoms with Gasteiger partial charge in [0.2, 0.25) is 0 Å². The predicted octanol–water partition coefficient (Wildman–Crippen LogP) is 2.68. The fraction of sp³-hybridized carbons (Fsp3) is 0.471. The van der Waals surface area contributed by atoms with Gasteiger partial charge in [-0.25, -0.2) is 4.39 Å². The molecule has 0 heterocycles. The summed E-state index contributed by atoms with van der Waals surface area (Å²) in [5.41, 5.74) is 0.676. The van der Waals surface area contributed by atoms with Crippen LogP contribution in [0.2, 0.25) is 0 Å². The molecular weight excluding hydrogens is 269 g/mol. The zero-order valence-corrected chi connectivity index (χ0v) is 13.0. The van der Waals surface area contributed by atoms with Gasteiger partial charge in [-0.3, -0.25) is 4.79 Å². The van der Waals surface area contributed by atoms with Gasteiger partial charge in [0.1, 0.15) is 12.4 Å². The molecule has 0 aliphatic rings. The van der Waals surface area contributed by atoms with Crippen LogP contribution < -0.4 is 0 Å². The zero-order valence-electron chi connectivity index (χ0n) is 13.0. The summed E-state index contributed by atoms with van der Waals surface area (Å²) in [6.07, 6.45) is 0. The molecule has 1 aromatic rings. The van der Waals surface area contributed by atoms with E-state index >= 15 is 0 Å². The average molecular weight is 291 g/mol. The Kier molecular flexibility index (Phi) is 6.39. The predicted molar refractivity (Wildman–Crippen MR) is 81.4 cm³/mol. The van der Waals surface area contributed by atoms with Gasteiger partial charge in [0, 0.05) is 18.2 Å². The smallest absolute Gasteiger partial charge is 0.255 e. The molecule has 1 aromatic carbocycles. The fourth-order valence-corrected chi connectivity index (χ4v) is 2.02. The molecule has 0 atom stereocenters. The highest BCUT2D eigenvalue weighted by molar-refractivity contribution is 5.97. The lowest BCUT2D eigenvalue weighted by atomic mass is 10.0. The number of halogens is 1. The third-order valence-corrected chi connectivity index (χ3v) is 2.96. The summed E-state index contributed by atoms with van der Waals surface area (Å²) in [7, 11) is 0. The van der Waals surface area contributed by atoms with Crippen LogP contribution in [0.15, 0.2) is 18.2 Å². The standard InChI is InChI=1S/C17H22FNO2/c1-12(2)11-19(13(3)4)17(21)16-8-7-15(18)10-14(16)6-5-9-20/h7-8,10,12-13,20H,9,11H2,1-4H3. The van der Waals surface area contributed by atoms with E-state index in [9.17, 15) is 9.18 Å². The lowest BCUT2D eigenvalue weighted by Crippen LogP contribution is -2.39. The van der Waals surface area contributed by atoms with Gasteiger partial charge in [0.05, 0.1) is 5.56 Å². The van der Waals surface area contributed by atoms with Crippen molar-refractivity contribution in [2.75, 3.05) is 13.2 Å². The molecule has 0 aliphatic carbocycles. The van der Waals surface area contributed by atoms with Gasteiger partial charge < -0.3 is 10.0 Å². The number of carbonyl (C=O) groups is 1. The summed E-state index contributed by atoms with van der Waals surface area (Å²) in [5.74, 6) is 4.83. The molecule has 1 N–H and O–H groups in total. The second-order valence-electron chi connectivity index (χ2n) is 5.59. The number of aliphatic hydroxyl groups excluding tert-OH is 1. The number of hydrogen-bond donors (Lipinski definition) is 1. The highest BCUT2D eigenvalue weighted by Gasteiger charge is 2.22. The highest BCUT2D eigenvalue weighted by Crippen LogP contribution is 2.16. The van der Waals surface area contributed by atoms with Crippen LogP contribution in [0.5, 0.6) is 0 Å². The van der Waals surface area contributed by atoms with Crippen LogP contribution in [0, 0.1) is 23.6 Å². The second kappa shape index (κ2) is 7.80. The maximum absolute atomic E-state index is 13.4. The summed E-state index contributed by atoms with van der Waals surface area (Å²) in [6.45, 7) is 8.27. The molecule has 0 aromatic heterocycles. The van der Waals surface area contributed by atoms with Crippen LogP contribution in [0.4, 0.5) is 4.39 Å². The number of rotatable bonds is 4. The molecule has 0 bridgehead atoms. The topological polar surface area (TPSA) is 40.5 Å². The van der Waals surface area contributed by atoms with Crippen molar-refractivity contribution in [1.29, 1.82) is 0 Å². The molecule has 4 heteroatoms. The van der Waals surface area contributed by atoms with Crippen molar-refractivity contribution < 1.29 is 14.3 Å². The third kappa shape index (κ3) is 4.87. The molecule has 0 radical (unpaired) electrons. The van der Waals surface area contributed by atoms with Crippen molar-refractivity contribution in [3.05, 3.63) is 35.1 Å². The van der Waals surface area contributed by atoms with Gasteiger partial charge in [0.25, 0.3) is 5.91 Å². The minimum absolute atomic E-state index is 0.0450. The monoisotopic (exact) mass is 291 g/mol. The van der Waals surface area contributed by atoms with E-state index in [2.05, 4.69) is 11.8 Å². The molecule has 1 amide bonds. The van der Waals surface area contributed by atoms with Crippen molar-refractivity contribution >= 4 is 5.91 Å². The number of amides is 1. The average Bonchev–Trinajstić information content (AvgIpc) is 2.41. The first kappa shape index (κ1) is 17.2. The Balaban J connectivity index is 3.21. The van der Waals surface area contributed by atoms with E-state index in [1.165, 1.54) is 18.2 Å². The molecule has 0 unspecified atom stereocenters. The molecule has 0 saturated carbocycles. The Labute approximate surface area is 125 Å². The Morgan fingerprint density at radius 3 is 2.52 bits per heavy atom. The summed E-state index contributed by atoms with van der Waals surface area (Å²) in [4.78, 5) is 14.4. The van der Waals surface area contributed by atoms with Crippen molar-refractivity contribution in [3.8, 4) is 11.8 Å². The first-order chi connectivity index (χ1) is 9.86. The summed E-state index contributed by atoms with van der Waals surface area (Å²) < 4.78 is 13.4. The maximum Gasteiger partial charge on any atom is 0.255 e. The van der Waals surface area contributed by atoms with E-state index in [0.717, 1.165) is 0 Å². The second-order valence-corrected chi connectivity index (χ2v) is 5.59. The van der Waals surface area contributed by atoms with Gasteiger partial charge in [-0.15, -0.1) is 0 Å². The van der Waals surface area contributed by atoms with E-state index in [4.69, 9.17) is 5.11 Å². The lowest BCUT2D eigenvalue weighted by molar-refractivity contribution is 0.0681. The first-order valence-electron chi connectivity index (χ1n) is 7.07. The van der Waals surface area contributed by atoms with Gasteiger partial charge in [-0.05, 0) is 38.0 Å². The normalized spacial score (nSPS) is 10.5. The molecule has 0 saturated heterocycles. The molecule has 21 heavy (non-hydrogen) atoms. The number of nitrogens with zero attached hydrogens (tertiary/aromatic N) is 1. The molecular formula is C17H22FNO2. The van der Waals surface area contributed by atoms with Crippen molar-refractivity contribution in [1.82, 2.24) is 4.90 Å². The minimum atomic E-state index is -0.450. The quantitative estimate of drug-likeness (QED) is 0.866. The molecule has 0 spiro atoms. The fourth-order valence-electron chi connectivity index (χ4n) is 2.02. The number of carbonyl (C=O) groups excluding carboxylic acids is 1. The summed E-state index contributed by atoms with van der Waals surface area (Å²) in [5, 5.41) is 8.78. The minimum Gasteiger partial charge on any atom is -0.384 e. The number of hydrogen-bond acceptors (Lipinski definition) is 2. The van der Waals surface area contributed by atoms with Crippen LogP contribution in [0.25, 0.3) is 0 Å². The molecule has 1 rings (SSSR count). The molecule has 0 fully saturated rings. The zero-order chi connectivity index (χ0) is 16.0. The van der Waals surface area contributed by atoms with Crippen molar-refractivity contribution in [2.24, 2.45) is 5.92 Å². The van der Waals surface area contributed by atoms with Crippen LogP contribution in [-0.2, 0) is 0 Å². The van der Waals surface area contributed by atoms with Crippen LogP contribution in [0.1, 0.15) is 43.6 Å². The summed E-state index contributed by atoms with van der Waals surface area (Å²) in [6, 6.07) is 3.98. The van der Waals surface area contributed by atoms with Gasteiger partial charge in [-0.1, -0.05) is 25.7 Å². The highest BCUT2D eigenvalue weighted by atomic mass is 19.1. The van der Waals surface area contributed by atoms with Crippen LogP contribution >= 0.6 is 0 Å². The van der Waals surface area contributed by atoms with E-state index < -0.39 is 5.82 Å². The Morgan fingerprint density at radius 2 is 2.00 bits per heavy atom. The molecule has 0 aliphatic heterocycles. The Hall–Kier alpha value is -1.86.